The first-order valence-corrected chi connectivity index (χ1v) is 7.69. The summed E-state index contributed by atoms with van der Waals surface area (Å²) >= 11 is 6.32. The molecule has 0 aromatic heterocycles. The Morgan fingerprint density at radius 3 is 2.30 bits per heavy atom. The van der Waals surface area contributed by atoms with Crippen LogP contribution in [0.25, 0.3) is 0 Å². The molecule has 1 unspecified atom stereocenters. The van der Waals surface area contributed by atoms with Crippen molar-refractivity contribution in [1.82, 2.24) is 5.32 Å². The third-order valence-electron chi connectivity index (χ3n) is 4.35. The smallest absolute Gasteiger partial charge is 0.0589 e. The second-order valence-electron chi connectivity index (χ2n) is 5.54. The van der Waals surface area contributed by atoms with Crippen LogP contribution in [0.4, 0.5) is 0 Å². The SMILES string of the molecule is CNC(c1ccc(C2CCC2)cc1)c1ccccc1Cl. The van der Waals surface area contributed by atoms with Gasteiger partial charge < -0.3 is 5.32 Å². The molecule has 2 heteroatoms. The van der Waals surface area contributed by atoms with E-state index in [4.69, 9.17) is 11.6 Å². The fraction of sp³-hybridized carbons (Fsp3) is 0.333. The van der Waals surface area contributed by atoms with Crippen LogP contribution >= 0.6 is 11.6 Å². The minimum Gasteiger partial charge on any atom is -0.309 e. The van der Waals surface area contributed by atoms with Crippen LogP contribution in [0.3, 0.4) is 0 Å². The molecule has 2 aromatic carbocycles. The van der Waals surface area contributed by atoms with E-state index in [0.717, 1.165) is 16.5 Å². The summed E-state index contributed by atoms with van der Waals surface area (Å²) in [5.74, 6) is 0.789. The van der Waals surface area contributed by atoms with Gasteiger partial charge in [0.05, 0.1) is 6.04 Å². The lowest BCUT2D eigenvalue weighted by atomic mass is 9.79. The Morgan fingerprint density at radius 1 is 1.05 bits per heavy atom. The number of hydrogen-bond donors (Lipinski definition) is 1. The maximum absolute atomic E-state index is 6.32. The Labute approximate surface area is 126 Å². The summed E-state index contributed by atoms with van der Waals surface area (Å²) in [6.45, 7) is 0. The zero-order valence-electron chi connectivity index (χ0n) is 11.8. The van der Waals surface area contributed by atoms with Crippen LogP contribution in [-0.2, 0) is 0 Å². The van der Waals surface area contributed by atoms with Gasteiger partial charge in [-0.2, -0.15) is 0 Å². The Hall–Kier alpha value is -1.31. The van der Waals surface area contributed by atoms with Crippen molar-refractivity contribution in [3.63, 3.8) is 0 Å². The van der Waals surface area contributed by atoms with Gasteiger partial charge in [0.1, 0.15) is 0 Å². The first-order valence-electron chi connectivity index (χ1n) is 7.31. The van der Waals surface area contributed by atoms with E-state index >= 15 is 0 Å². The molecule has 1 atom stereocenters. The molecule has 1 N–H and O–H groups in total. The number of benzene rings is 2. The molecule has 0 bridgehead atoms. The van der Waals surface area contributed by atoms with Gasteiger partial charge >= 0.3 is 0 Å². The van der Waals surface area contributed by atoms with Crippen LogP contribution in [0.5, 0.6) is 0 Å². The fourth-order valence-electron chi connectivity index (χ4n) is 2.91. The van der Waals surface area contributed by atoms with E-state index in [-0.39, 0.29) is 6.04 Å². The van der Waals surface area contributed by atoms with Crippen molar-refractivity contribution < 1.29 is 0 Å². The molecule has 2 aromatic rings. The van der Waals surface area contributed by atoms with Gasteiger partial charge in [-0.1, -0.05) is 60.5 Å². The lowest BCUT2D eigenvalue weighted by molar-refractivity contribution is 0.419. The topological polar surface area (TPSA) is 12.0 Å². The maximum atomic E-state index is 6.32. The highest BCUT2D eigenvalue weighted by Crippen LogP contribution is 2.37. The Balaban J connectivity index is 1.87. The minimum atomic E-state index is 0.152. The molecule has 20 heavy (non-hydrogen) atoms. The summed E-state index contributed by atoms with van der Waals surface area (Å²) in [4.78, 5) is 0. The van der Waals surface area contributed by atoms with E-state index < -0.39 is 0 Å². The molecule has 0 saturated heterocycles. The van der Waals surface area contributed by atoms with Crippen LogP contribution in [0.15, 0.2) is 48.5 Å². The first kappa shape index (κ1) is 13.7. The van der Waals surface area contributed by atoms with Crippen molar-refractivity contribution in [3.05, 3.63) is 70.2 Å². The summed E-state index contributed by atoms with van der Waals surface area (Å²) < 4.78 is 0. The van der Waals surface area contributed by atoms with Crippen molar-refractivity contribution in [2.75, 3.05) is 7.05 Å². The van der Waals surface area contributed by atoms with Crippen LogP contribution < -0.4 is 5.32 Å². The van der Waals surface area contributed by atoms with Crippen molar-refractivity contribution in [1.29, 1.82) is 0 Å². The third-order valence-corrected chi connectivity index (χ3v) is 4.70. The summed E-state index contributed by atoms with van der Waals surface area (Å²) in [6.07, 6.45) is 4.07. The van der Waals surface area contributed by atoms with Gasteiger partial charge in [0.25, 0.3) is 0 Å². The summed E-state index contributed by atoms with van der Waals surface area (Å²) in [7, 11) is 1.98. The van der Waals surface area contributed by atoms with E-state index in [1.54, 1.807) is 0 Å². The molecule has 1 fully saturated rings. The summed E-state index contributed by atoms with van der Waals surface area (Å²) in [6, 6.07) is 17.2. The average molecular weight is 286 g/mol. The molecule has 0 aliphatic heterocycles. The van der Waals surface area contributed by atoms with Gasteiger partial charge in [-0.05, 0) is 48.6 Å². The molecular formula is C18H20ClN. The second kappa shape index (κ2) is 5.99. The van der Waals surface area contributed by atoms with E-state index in [2.05, 4.69) is 35.6 Å². The number of rotatable bonds is 4. The molecule has 0 radical (unpaired) electrons. The van der Waals surface area contributed by atoms with Crippen LogP contribution in [-0.4, -0.2) is 7.05 Å². The molecular weight excluding hydrogens is 266 g/mol. The van der Waals surface area contributed by atoms with Gasteiger partial charge in [-0.15, -0.1) is 0 Å². The number of nitrogens with one attached hydrogen (secondary N) is 1. The summed E-state index contributed by atoms with van der Waals surface area (Å²) in [5.41, 5.74) is 3.88. The molecule has 1 saturated carbocycles. The van der Waals surface area contributed by atoms with Crippen molar-refractivity contribution in [2.45, 2.75) is 31.2 Å². The average Bonchev–Trinajstić information content (AvgIpc) is 2.41. The van der Waals surface area contributed by atoms with E-state index in [1.807, 2.05) is 25.2 Å². The van der Waals surface area contributed by atoms with Crippen molar-refractivity contribution >= 4 is 11.6 Å². The molecule has 0 spiro atoms. The molecule has 1 nitrogen and oxygen atoms in total. The third kappa shape index (κ3) is 2.61. The highest BCUT2D eigenvalue weighted by Gasteiger charge is 2.20. The fourth-order valence-corrected chi connectivity index (χ4v) is 3.16. The molecule has 0 amide bonds. The van der Waals surface area contributed by atoms with Gasteiger partial charge in [-0.25, -0.2) is 0 Å². The minimum absolute atomic E-state index is 0.152. The first-order chi connectivity index (χ1) is 9.79. The van der Waals surface area contributed by atoms with Crippen LogP contribution in [0.1, 0.15) is 47.9 Å². The van der Waals surface area contributed by atoms with Gasteiger partial charge in [0.2, 0.25) is 0 Å². The normalized spacial score (nSPS) is 16.7. The van der Waals surface area contributed by atoms with Crippen molar-refractivity contribution in [2.24, 2.45) is 0 Å². The highest BCUT2D eigenvalue weighted by atomic mass is 35.5. The van der Waals surface area contributed by atoms with E-state index in [9.17, 15) is 0 Å². The van der Waals surface area contributed by atoms with Crippen LogP contribution in [0.2, 0.25) is 5.02 Å². The standard InChI is InChI=1S/C18H20ClN/c1-20-18(16-7-2-3-8-17(16)19)15-11-9-14(10-12-15)13-5-4-6-13/h2-3,7-13,18,20H,4-6H2,1H3. The Kier molecular flexibility index (Phi) is 4.09. The van der Waals surface area contributed by atoms with E-state index in [0.29, 0.717) is 0 Å². The molecule has 104 valence electrons. The van der Waals surface area contributed by atoms with E-state index in [1.165, 1.54) is 30.4 Å². The largest absolute Gasteiger partial charge is 0.309 e. The summed E-state index contributed by atoms with van der Waals surface area (Å²) in [5, 5.41) is 4.18. The van der Waals surface area contributed by atoms with Crippen molar-refractivity contribution in [3.8, 4) is 0 Å². The van der Waals surface area contributed by atoms with Gasteiger partial charge in [0, 0.05) is 5.02 Å². The highest BCUT2D eigenvalue weighted by molar-refractivity contribution is 6.31. The van der Waals surface area contributed by atoms with Gasteiger partial charge in [0.15, 0.2) is 0 Å². The zero-order chi connectivity index (χ0) is 13.9. The van der Waals surface area contributed by atoms with Gasteiger partial charge in [-0.3, -0.25) is 0 Å². The Bertz CT molecular complexity index is 572. The molecule has 1 aliphatic carbocycles. The predicted molar refractivity (Wildman–Crippen MR) is 85.4 cm³/mol. The van der Waals surface area contributed by atoms with Crippen LogP contribution in [0, 0.1) is 0 Å². The molecule has 3 rings (SSSR count). The Morgan fingerprint density at radius 2 is 1.75 bits per heavy atom. The lowest BCUT2D eigenvalue weighted by Crippen LogP contribution is -2.18. The molecule has 0 heterocycles. The predicted octanol–water partition coefficient (Wildman–Crippen LogP) is 4.92. The number of hydrogen-bond acceptors (Lipinski definition) is 1. The molecule has 1 aliphatic rings. The zero-order valence-corrected chi connectivity index (χ0v) is 12.5. The monoisotopic (exact) mass is 285 g/mol. The quantitative estimate of drug-likeness (QED) is 0.841. The maximum Gasteiger partial charge on any atom is 0.0589 e. The number of halogens is 1. The second-order valence-corrected chi connectivity index (χ2v) is 5.94. The lowest BCUT2D eigenvalue weighted by Gasteiger charge is -2.26.